The molecule has 0 aliphatic heterocycles. The first-order chi connectivity index (χ1) is 5.31. The lowest BCUT2D eigenvalue weighted by atomic mass is 10.7. The summed E-state index contributed by atoms with van der Waals surface area (Å²) in [4.78, 5) is 5.09. The number of hydrogen-bond acceptors (Lipinski definition) is 3. The topological polar surface area (TPSA) is 21.7 Å². The first kappa shape index (κ1) is 10.4. The normalized spacial score (nSPS) is 10.0. The van der Waals surface area contributed by atoms with E-state index in [1.54, 1.807) is 24.3 Å². The van der Waals surface area contributed by atoms with E-state index in [4.69, 9.17) is 9.57 Å². The summed E-state index contributed by atoms with van der Waals surface area (Å²) in [6, 6.07) is 0. The Kier molecular flexibility index (Phi) is 7.03. The summed E-state index contributed by atoms with van der Waals surface area (Å²) < 4.78 is 5.09. The van der Waals surface area contributed by atoms with Crippen LogP contribution in [-0.2, 0) is 9.57 Å². The molecule has 0 N–H and O–H groups in total. The Bertz CT molecular complexity index is 115. The van der Waals surface area contributed by atoms with Crippen molar-refractivity contribution in [3.8, 4) is 0 Å². The van der Waals surface area contributed by atoms with Crippen molar-refractivity contribution < 1.29 is 9.57 Å². The van der Waals surface area contributed by atoms with Crippen LogP contribution in [0.3, 0.4) is 0 Å². The molecule has 0 amide bonds. The summed E-state index contributed by atoms with van der Waals surface area (Å²) >= 11 is 0. The summed E-state index contributed by atoms with van der Waals surface area (Å²) in [6.45, 7) is 8.54. The summed E-state index contributed by atoms with van der Waals surface area (Å²) in [5.41, 5.74) is 0. The van der Waals surface area contributed by atoms with Gasteiger partial charge in [-0.1, -0.05) is 12.2 Å². The predicted octanol–water partition coefficient (Wildman–Crippen LogP) is 1.20. The van der Waals surface area contributed by atoms with Gasteiger partial charge < -0.3 is 4.74 Å². The number of ether oxygens (including phenoxy) is 1. The third-order valence-electron chi connectivity index (χ3n) is 0.922. The van der Waals surface area contributed by atoms with E-state index in [1.807, 2.05) is 0 Å². The van der Waals surface area contributed by atoms with E-state index in [2.05, 4.69) is 13.2 Å². The van der Waals surface area contributed by atoms with Crippen molar-refractivity contribution in [3.63, 3.8) is 0 Å². The van der Waals surface area contributed by atoms with Gasteiger partial charge in [0, 0.05) is 7.05 Å². The zero-order chi connectivity index (χ0) is 8.53. The van der Waals surface area contributed by atoms with Gasteiger partial charge in [-0.05, 0) is 0 Å². The quantitative estimate of drug-likeness (QED) is 0.240. The van der Waals surface area contributed by atoms with E-state index in [1.165, 1.54) is 0 Å². The smallest absolute Gasteiger partial charge is 0.122 e. The van der Waals surface area contributed by atoms with Crippen LogP contribution in [0.4, 0.5) is 0 Å². The fourth-order valence-electron chi connectivity index (χ4n) is 0.482. The molecule has 11 heavy (non-hydrogen) atoms. The molecular weight excluding hydrogens is 142 g/mol. The van der Waals surface area contributed by atoms with Gasteiger partial charge >= 0.3 is 0 Å². The molecule has 0 aromatic rings. The number of rotatable bonds is 7. The predicted molar refractivity (Wildman–Crippen MR) is 44.9 cm³/mol. The lowest BCUT2D eigenvalue weighted by Gasteiger charge is -2.14. The second kappa shape index (κ2) is 7.47. The van der Waals surface area contributed by atoms with E-state index in [-0.39, 0.29) is 0 Å². The van der Waals surface area contributed by atoms with Gasteiger partial charge in [0.15, 0.2) is 0 Å². The summed E-state index contributed by atoms with van der Waals surface area (Å²) in [5.74, 6) is 0. The lowest BCUT2D eigenvalue weighted by molar-refractivity contribution is -0.180. The zero-order valence-electron chi connectivity index (χ0n) is 6.95. The second-order valence-corrected chi connectivity index (χ2v) is 2.00. The first-order valence-corrected chi connectivity index (χ1v) is 3.45. The Morgan fingerprint density at radius 1 is 1.27 bits per heavy atom. The summed E-state index contributed by atoms with van der Waals surface area (Å²) in [6.07, 6.45) is 3.38. The molecule has 0 saturated heterocycles. The zero-order valence-corrected chi connectivity index (χ0v) is 6.95. The van der Waals surface area contributed by atoms with Gasteiger partial charge in [-0.15, -0.1) is 13.2 Å². The Labute approximate surface area is 67.9 Å². The number of hydrogen-bond donors (Lipinski definition) is 0. The highest BCUT2D eigenvalue weighted by Crippen LogP contribution is 1.86. The molecule has 0 unspecified atom stereocenters. The molecule has 0 aliphatic carbocycles. The molecule has 0 bridgehead atoms. The Hall–Kier alpha value is -0.640. The van der Waals surface area contributed by atoms with Gasteiger partial charge in [-0.3, -0.25) is 4.84 Å². The molecule has 0 radical (unpaired) electrons. The van der Waals surface area contributed by atoms with Crippen LogP contribution in [0.5, 0.6) is 0 Å². The van der Waals surface area contributed by atoms with Crippen LogP contribution >= 0.6 is 0 Å². The molecule has 64 valence electrons. The molecule has 3 nitrogen and oxygen atoms in total. The molecule has 0 spiro atoms. The van der Waals surface area contributed by atoms with E-state index in [0.29, 0.717) is 19.9 Å². The van der Waals surface area contributed by atoms with Gasteiger partial charge in [-0.2, -0.15) is 5.06 Å². The summed E-state index contributed by atoms with van der Waals surface area (Å²) in [5, 5.41) is 1.60. The largest absolute Gasteiger partial charge is 0.360 e. The first-order valence-electron chi connectivity index (χ1n) is 3.45. The van der Waals surface area contributed by atoms with E-state index in [0.717, 1.165) is 0 Å². The van der Waals surface area contributed by atoms with Gasteiger partial charge in [0.1, 0.15) is 6.73 Å². The van der Waals surface area contributed by atoms with Crippen LogP contribution in [0.15, 0.2) is 25.3 Å². The minimum atomic E-state index is 0.444. The maximum atomic E-state index is 5.09. The van der Waals surface area contributed by atoms with Gasteiger partial charge in [0.25, 0.3) is 0 Å². The summed E-state index contributed by atoms with van der Waals surface area (Å²) in [7, 11) is 1.80. The number of hydroxylamine groups is 2. The molecule has 0 heterocycles. The van der Waals surface area contributed by atoms with Crippen molar-refractivity contribution in [3.05, 3.63) is 25.3 Å². The Morgan fingerprint density at radius 2 is 1.91 bits per heavy atom. The van der Waals surface area contributed by atoms with Crippen molar-refractivity contribution in [2.24, 2.45) is 0 Å². The third kappa shape index (κ3) is 7.25. The SMILES string of the molecule is C=CCOCN(C)OCC=C. The van der Waals surface area contributed by atoms with Crippen molar-refractivity contribution in [2.75, 3.05) is 27.0 Å². The van der Waals surface area contributed by atoms with Crippen molar-refractivity contribution in [2.45, 2.75) is 0 Å². The van der Waals surface area contributed by atoms with Crippen molar-refractivity contribution >= 4 is 0 Å². The van der Waals surface area contributed by atoms with Crippen LogP contribution in [0.25, 0.3) is 0 Å². The second-order valence-electron chi connectivity index (χ2n) is 2.00. The molecule has 0 atom stereocenters. The molecular formula is C8H15NO2. The van der Waals surface area contributed by atoms with E-state index >= 15 is 0 Å². The lowest BCUT2D eigenvalue weighted by Crippen LogP contribution is -2.22. The third-order valence-corrected chi connectivity index (χ3v) is 0.922. The average molecular weight is 157 g/mol. The molecule has 0 rings (SSSR count). The van der Waals surface area contributed by atoms with Crippen LogP contribution in [0.2, 0.25) is 0 Å². The molecule has 0 aromatic carbocycles. The molecule has 0 fully saturated rings. The highest BCUT2D eigenvalue weighted by Gasteiger charge is 1.93. The average Bonchev–Trinajstić information content (AvgIpc) is 2.01. The number of nitrogens with zero attached hydrogens (tertiary/aromatic N) is 1. The van der Waals surface area contributed by atoms with Gasteiger partial charge in [0.05, 0.1) is 13.2 Å². The standard InChI is InChI=1S/C8H15NO2/c1-4-6-10-8-9(3)11-7-5-2/h4-5H,1-2,6-8H2,3H3. The van der Waals surface area contributed by atoms with Crippen molar-refractivity contribution in [1.82, 2.24) is 5.06 Å². The van der Waals surface area contributed by atoms with E-state index in [9.17, 15) is 0 Å². The van der Waals surface area contributed by atoms with Crippen molar-refractivity contribution in [1.29, 1.82) is 0 Å². The fourth-order valence-corrected chi connectivity index (χ4v) is 0.482. The molecule has 0 aromatic heterocycles. The highest BCUT2D eigenvalue weighted by molar-refractivity contribution is 4.64. The van der Waals surface area contributed by atoms with Gasteiger partial charge in [-0.25, -0.2) is 0 Å². The van der Waals surface area contributed by atoms with Crippen LogP contribution in [0.1, 0.15) is 0 Å². The Morgan fingerprint density at radius 3 is 2.45 bits per heavy atom. The monoisotopic (exact) mass is 157 g/mol. The fraction of sp³-hybridized carbons (Fsp3) is 0.500. The minimum Gasteiger partial charge on any atom is -0.360 e. The molecule has 3 heteroatoms. The van der Waals surface area contributed by atoms with Crippen LogP contribution in [-0.4, -0.2) is 32.1 Å². The molecule has 0 saturated carbocycles. The molecule has 0 aliphatic rings. The maximum Gasteiger partial charge on any atom is 0.122 e. The maximum absolute atomic E-state index is 5.09. The van der Waals surface area contributed by atoms with E-state index < -0.39 is 0 Å². The van der Waals surface area contributed by atoms with Crippen LogP contribution in [0, 0.1) is 0 Å². The Balaban J connectivity index is 3.14. The highest BCUT2D eigenvalue weighted by atomic mass is 16.7. The van der Waals surface area contributed by atoms with Gasteiger partial charge in [0.2, 0.25) is 0 Å². The minimum absolute atomic E-state index is 0.444. The van der Waals surface area contributed by atoms with Crippen LogP contribution < -0.4 is 0 Å².